The molecule has 8 atom stereocenters. The maximum atomic E-state index is 17.2. The minimum absolute atomic E-state index is 0.129. The highest BCUT2D eigenvalue weighted by Crippen LogP contribution is 2.70. The molecule has 3 saturated carbocycles. The molecule has 4 aliphatic rings. The summed E-state index contributed by atoms with van der Waals surface area (Å²) in [4.78, 5) is 38.2. The molecule has 0 unspecified atom stereocenters. The Balaban J connectivity index is 1.41. The topological polar surface area (TPSA) is 101 Å². The Labute approximate surface area is 226 Å². The van der Waals surface area contributed by atoms with Crippen molar-refractivity contribution in [1.82, 2.24) is 0 Å². The predicted molar refractivity (Wildman–Crippen MR) is 139 cm³/mol. The third-order valence-corrected chi connectivity index (χ3v) is 10.6. The summed E-state index contributed by atoms with van der Waals surface area (Å²) < 4.78 is 22.5. The molecule has 6 nitrogen and oxygen atoms in total. The van der Waals surface area contributed by atoms with E-state index in [1.165, 1.54) is 12.2 Å². The van der Waals surface area contributed by atoms with Gasteiger partial charge in [0, 0.05) is 22.6 Å². The lowest BCUT2D eigenvalue weighted by atomic mass is 9.44. The van der Waals surface area contributed by atoms with Crippen LogP contribution in [-0.4, -0.2) is 51.7 Å². The van der Waals surface area contributed by atoms with E-state index >= 15 is 4.39 Å². The molecule has 0 aliphatic heterocycles. The highest BCUT2D eigenvalue weighted by molar-refractivity contribution is 6.17. The van der Waals surface area contributed by atoms with E-state index in [2.05, 4.69) is 0 Å². The summed E-state index contributed by atoms with van der Waals surface area (Å²) >= 11 is 5.79. The van der Waals surface area contributed by atoms with Crippen LogP contribution >= 0.6 is 11.6 Å². The van der Waals surface area contributed by atoms with Crippen molar-refractivity contribution in [3.05, 3.63) is 59.2 Å². The van der Waals surface area contributed by atoms with E-state index in [1.54, 1.807) is 51.1 Å². The Morgan fingerprint density at radius 3 is 2.53 bits per heavy atom. The number of halogens is 2. The molecule has 1 aromatic rings. The lowest BCUT2D eigenvalue weighted by Crippen LogP contribution is -2.69. The van der Waals surface area contributed by atoms with Gasteiger partial charge < -0.3 is 14.9 Å². The van der Waals surface area contributed by atoms with Gasteiger partial charge in [-0.3, -0.25) is 9.59 Å². The summed E-state index contributed by atoms with van der Waals surface area (Å²) in [6.45, 7) is 4.61. The molecule has 0 amide bonds. The minimum Gasteiger partial charge on any atom is -0.454 e. The number of hydrogen-bond donors (Lipinski definition) is 2. The summed E-state index contributed by atoms with van der Waals surface area (Å²) in [6.07, 6.45) is 4.13. The third kappa shape index (κ3) is 3.54. The Hall–Kier alpha value is -2.35. The first-order valence-corrected chi connectivity index (χ1v) is 13.7. The van der Waals surface area contributed by atoms with Crippen LogP contribution in [0.2, 0.25) is 0 Å². The summed E-state index contributed by atoms with van der Waals surface area (Å²) in [5, 5.41) is 23.4. The van der Waals surface area contributed by atoms with Crippen molar-refractivity contribution in [2.45, 2.75) is 69.7 Å². The van der Waals surface area contributed by atoms with Gasteiger partial charge in [0.05, 0.1) is 11.7 Å². The predicted octanol–water partition coefficient (Wildman–Crippen LogP) is 4.50. The van der Waals surface area contributed by atoms with Gasteiger partial charge in [-0.15, -0.1) is 11.6 Å². The molecule has 8 heteroatoms. The average molecular weight is 545 g/mol. The van der Waals surface area contributed by atoms with Gasteiger partial charge >= 0.3 is 5.97 Å². The average Bonchev–Trinajstić information content (AvgIpc) is 3.09. The zero-order chi connectivity index (χ0) is 27.7. The molecule has 0 aromatic heterocycles. The zero-order valence-electron chi connectivity index (χ0n) is 21.9. The van der Waals surface area contributed by atoms with Crippen LogP contribution in [0.15, 0.2) is 48.1 Å². The summed E-state index contributed by atoms with van der Waals surface area (Å²) in [6, 6.07) is 6.51. The first-order chi connectivity index (χ1) is 17.8. The van der Waals surface area contributed by atoms with Gasteiger partial charge in [-0.2, -0.15) is 0 Å². The molecule has 2 N–H and O–H groups in total. The molecule has 0 radical (unpaired) electrons. The molecule has 38 heavy (non-hydrogen) atoms. The number of ether oxygens (including phenoxy) is 1. The molecular weight excluding hydrogens is 511 g/mol. The van der Waals surface area contributed by atoms with Gasteiger partial charge in [-0.1, -0.05) is 37.6 Å². The van der Waals surface area contributed by atoms with E-state index in [0.29, 0.717) is 30.7 Å². The first kappa shape index (κ1) is 27.2. The second-order valence-electron chi connectivity index (χ2n) is 12.0. The van der Waals surface area contributed by atoms with E-state index in [-0.39, 0.29) is 23.7 Å². The lowest BCUT2D eigenvalue weighted by molar-refractivity contribution is -0.219. The number of rotatable bonds is 5. The van der Waals surface area contributed by atoms with E-state index in [9.17, 15) is 24.6 Å². The van der Waals surface area contributed by atoms with Crippen molar-refractivity contribution >= 4 is 29.1 Å². The number of carbonyl (C=O) groups excluding carboxylic acids is 3. The monoisotopic (exact) mass is 544 g/mol. The smallest absolute Gasteiger partial charge is 0.338 e. The standard InChI is InChI=1S/C30H34ClFO6/c1-17-12-23-22-9-8-20-13-21(33)10-11-27(20,2)29(22,32)24(34)14-28(23,3)30(17,37)25(35)16-38-26(36)19-6-4-18(15-31)5-7-19/h4-7,10-11,13,17,22-24,34,37H,8-9,12,14-16H2,1-3H3/t17-,22+,23+,24+,27+,28+,29+,30+/m1/s1. The normalized spacial score (nSPS) is 41.6. The Morgan fingerprint density at radius 1 is 1.18 bits per heavy atom. The fourth-order valence-electron chi connectivity index (χ4n) is 8.19. The van der Waals surface area contributed by atoms with Gasteiger partial charge in [0.2, 0.25) is 5.78 Å². The number of carbonyl (C=O) groups is 3. The number of alkyl halides is 2. The number of esters is 1. The lowest BCUT2D eigenvalue weighted by Gasteiger charge is -2.62. The van der Waals surface area contributed by atoms with E-state index in [1.807, 2.05) is 0 Å². The second kappa shape index (κ2) is 9.10. The Morgan fingerprint density at radius 2 is 1.87 bits per heavy atom. The molecule has 0 heterocycles. The van der Waals surface area contributed by atoms with Crippen molar-refractivity contribution in [2.24, 2.45) is 28.6 Å². The van der Waals surface area contributed by atoms with Gasteiger partial charge in [-0.25, -0.2) is 9.18 Å². The van der Waals surface area contributed by atoms with Gasteiger partial charge in [0.1, 0.15) is 5.60 Å². The molecule has 0 spiro atoms. The Kier molecular flexibility index (Phi) is 6.52. The van der Waals surface area contributed by atoms with Crippen LogP contribution in [0.3, 0.4) is 0 Å². The summed E-state index contributed by atoms with van der Waals surface area (Å²) in [7, 11) is 0. The molecule has 0 bridgehead atoms. The van der Waals surface area contributed by atoms with Crippen LogP contribution < -0.4 is 0 Å². The van der Waals surface area contributed by atoms with Crippen molar-refractivity contribution in [3.63, 3.8) is 0 Å². The van der Waals surface area contributed by atoms with Crippen molar-refractivity contribution in [1.29, 1.82) is 0 Å². The van der Waals surface area contributed by atoms with Gasteiger partial charge in [0.25, 0.3) is 0 Å². The van der Waals surface area contributed by atoms with Gasteiger partial charge in [0.15, 0.2) is 18.1 Å². The number of aliphatic hydroxyl groups excluding tert-OH is 1. The molecule has 0 saturated heterocycles. The number of Topliss-reactive ketones (excluding diaryl/α,β-unsaturated/α-hetero) is 1. The number of benzene rings is 1. The van der Waals surface area contributed by atoms with E-state index in [4.69, 9.17) is 16.3 Å². The molecule has 5 rings (SSSR count). The molecule has 204 valence electrons. The fourth-order valence-corrected chi connectivity index (χ4v) is 8.37. The van der Waals surface area contributed by atoms with Crippen molar-refractivity contribution in [3.8, 4) is 0 Å². The number of fused-ring (bicyclic) bond motifs is 5. The van der Waals surface area contributed by atoms with Crippen LogP contribution in [-0.2, 0) is 20.2 Å². The number of aliphatic hydroxyl groups is 2. The highest BCUT2D eigenvalue weighted by Gasteiger charge is 2.75. The minimum atomic E-state index is -2.05. The maximum absolute atomic E-state index is 17.2. The maximum Gasteiger partial charge on any atom is 0.338 e. The van der Waals surface area contributed by atoms with Crippen LogP contribution in [0.4, 0.5) is 4.39 Å². The van der Waals surface area contributed by atoms with Crippen molar-refractivity contribution in [2.75, 3.05) is 6.61 Å². The SMILES string of the molecule is C[C@@H]1C[C@H]2[C@@H]3CCC4=CC(=O)C=C[C@]4(C)[C@@]3(F)[C@@H](O)C[C@]2(C)[C@@]1(O)C(=O)COC(=O)c1ccc(CCl)cc1. The first-order valence-electron chi connectivity index (χ1n) is 13.2. The third-order valence-electron chi connectivity index (χ3n) is 10.3. The molecule has 4 aliphatic carbocycles. The zero-order valence-corrected chi connectivity index (χ0v) is 22.6. The van der Waals surface area contributed by atoms with Crippen LogP contribution in [0.25, 0.3) is 0 Å². The molecule has 1 aromatic carbocycles. The van der Waals surface area contributed by atoms with Gasteiger partial charge in [-0.05, 0) is 74.3 Å². The van der Waals surface area contributed by atoms with E-state index in [0.717, 1.165) is 5.56 Å². The summed E-state index contributed by atoms with van der Waals surface area (Å²) in [5.41, 5.74) is -4.45. The largest absolute Gasteiger partial charge is 0.454 e. The highest BCUT2D eigenvalue weighted by atomic mass is 35.5. The number of hydrogen-bond acceptors (Lipinski definition) is 6. The van der Waals surface area contributed by atoms with Crippen LogP contribution in [0.1, 0.15) is 62.4 Å². The Bertz CT molecular complexity index is 1240. The number of ketones is 2. The van der Waals surface area contributed by atoms with Crippen LogP contribution in [0.5, 0.6) is 0 Å². The van der Waals surface area contributed by atoms with E-state index < -0.39 is 58.4 Å². The van der Waals surface area contributed by atoms with Crippen LogP contribution in [0, 0.1) is 28.6 Å². The summed E-state index contributed by atoms with van der Waals surface area (Å²) in [5.74, 6) is -2.77. The van der Waals surface area contributed by atoms with Crippen molar-refractivity contribution < 1.29 is 33.7 Å². The quantitative estimate of drug-likeness (QED) is 0.418. The molecular formula is C30H34ClFO6. The fraction of sp³-hybridized carbons (Fsp3) is 0.567. The number of allylic oxidation sites excluding steroid dienone is 4. The second-order valence-corrected chi connectivity index (χ2v) is 12.3. The molecule has 3 fully saturated rings.